The molecule has 0 aliphatic rings. The smallest absolute Gasteiger partial charge is 0.115 e. The molecule has 2 heteroatoms. The number of benzene rings is 2. The maximum atomic E-state index is 9.43. The molecular weight excluding hydrogens is 236 g/mol. The fraction of sp³-hybridized carbons (Fsp3) is 0.294. The maximum Gasteiger partial charge on any atom is 0.115 e. The molecule has 0 spiro atoms. The Hall–Kier alpha value is -1.96. The van der Waals surface area contributed by atoms with Crippen molar-refractivity contribution in [3.05, 3.63) is 59.7 Å². The Kier molecular flexibility index (Phi) is 3.79. The van der Waals surface area contributed by atoms with Crippen LogP contribution in [0.15, 0.2) is 48.5 Å². The topological polar surface area (TPSA) is 40.5 Å². The van der Waals surface area contributed by atoms with Gasteiger partial charge >= 0.3 is 0 Å². The molecule has 0 saturated carbocycles. The molecule has 2 nitrogen and oxygen atoms in total. The van der Waals surface area contributed by atoms with E-state index in [4.69, 9.17) is 0 Å². The van der Waals surface area contributed by atoms with Gasteiger partial charge in [0.2, 0.25) is 0 Å². The Morgan fingerprint density at radius 1 is 0.789 bits per heavy atom. The second-order valence-electron chi connectivity index (χ2n) is 5.18. The van der Waals surface area contributed by atoms with E-state index in [0.717, 1.165) is 12.8 Å². The molecule has 2 N–H and O–H groups in total. The van der Waals surface area contributed by atoms with Gasteiger partial charge in [-0.3, -0.25) is 0 Å². The number of hydrogen-bond acceptors (Lipinski definition) is 2. The quantitative estimate of drug-likeness (QED) is 0.860. The average molecular weight is 256 g/mol. The largest absolute Gasteiger partial charge is 0.508 e. The zero-order valence-corrected chi connectivity index (χ0v) is 11.4. The van der Waals surface area contributed by atoms with E-state index in [9.17, 15) is 10.2 Å². The molecule has 19 heavy (non-hydrogen) atoms. The van der Waals surface area contributed by atoms with Gasteiger partial charge < -0.3 is 10.2 Å². The summed E-state index contributed by atoms with van der Waals surface area (Å²) in [6.07, 6.45) is 2.08. The van der Waals surface area contributed by atoms with Crippen molar-refractivity contribution in [3.8, 4) is 11.5 Å². The Balaban J connectivity index is 2.47. The first-order valence-corrected chi connectivity index (χ1v) is 6.65. The number of phenols is 2. The van der Waals surface area contributed by atoms with E-state index in [0.29, 0.717) is 0 Å². The molecule has 100 valence electrons. The molecular formula is C17H20O2. The van der Waals surface area contributed by atoms with E-state index < -0.39 is 0 Å². The third-order valence-corrected chi connectivity index (χ3v) is 3.76. The SMILES string of the molecule is CCCC(C)(c1ccc(O)cc1)c1ccc(O)cc1. The lowest BCUT2D eigenvalue weighted by Gasteiger charge is -2.31. The van der Waals surface area contributed by atoms with E-state index in [2.05, 4.69) is 13.8 Å². The van der Waals surface area contributed by atoms with Crippen LogP contribution >= 0.6 is 0 Å². The van der Waals surface area contributed by atoms with Crippen LogP contribution in [0.4, 0.5) is 0 Å². The lowest BCUT2D eigenvalue weighted by atomic mass is 9.73. The van der Waals surface area contributed by atoms with Crippen molar-refractivity contribution in [2.75, 3.05) is 0 Å². The number of rotatable bonds is 4. The summed E-state index contributed by atoms with van der Waals surface area (Å²) in [5.74, 6) is 0.571. The van der Waals surface area contributed by atoms with Gasteiger partial charge in [-0.25, -0.2) is 0 Å². The Morgan fingerprint density at radius 2 is 1.16 bits per heavy atom. The first-order chi connectivity index (χ1) is 9.06. The van der Waals surface area contributed by atoms with Crippen LogP contribution in [0.25, 0.3) is 0 Å². The summed E-state index contributed by atoms with van der Waals surface area (Å²) in [6, 6.07) is 14.8. The second-order valence-corrected chi connectivity index (χ2v) is 5.18. The maximum absolute atomic E-state index is 9.43. The van der Waals surface area contributed by atoms with E-state index >= 15 is 0 Å². The summed E-state index contributed by atoms with van der Waals surface area (Å²) >= 11 is 0. The van der Waals surface area contributed by atoms with Gasteiger partial charge in [0.1, 0.15) is 11.5 Å². The highest BCUT2D eigenvalue weighted by Crippen LogP contribution is 2.37. The molecule has 0 aromatic heterocycles. The van der Waals surface area contributed by atoms with E-state index in [1.54, 1.807) is 24.3 Å². The van der Waals surface area contributed by atoms with Crippen molar-refractivity contribution < 1.29 is 10.2 Å². The van der Waals surface area contributed by atoms with Gasteiger partial charge in [0.25, 0.3) is 0 Å². The Morgan fingerprint density at radius 3 is 1.47 bits per heavy atom. The van der Waals surface area contributed by atoms with Crippen LogP contribution in [0.1, 0.15) is 37.8 Å². The van der Waals surface area contributed by atoms with Crippen LogP contribution in [-0.2, 0) is 5.41 Å². The molecule has 2 aromatic rings. The molecule has 0 fully saturated rings. The molecule has 0 amide bonds. The third-order valence-electron chi connectivity index (χ3n) is 3.76. The molecule has 0 unspecified atom stereocenters. The molecule has 0 heterocycles. The minimum Gasteiger partial charge on any atom is -0.508 e. The van der Waals surface area contributed by atoms with Crippen molar-refractivity contribution in [3.63, 3.8) is 0 Å². The van der Waals surface area contributed by atoms with Crippen LogP contribution in [0.2, 0.25) is 0 Å². The minimum absolute atomic E-state index is 0.101. The van der Waals surface area contributed by atoms with Crippen molar-refractivity contribution in [2.45, 2.75) is 32.1 Å². The van der Waals surface area contributed by atoms with Crippen molar-refractivity contribution in [2.24, 2.45) is 0 Å². The fourth-order valence-corrected chi connectivity index (χ4v) is 2.61. The van der Waals surface area contributed by atoms with Crippen LogP contribution in [0.3, 0.4) is 0 Å². The van der Waals surface area contributed by atoms with Gasteiger partial charge in [-0.15, -0.1) is 0 Å². The third kappa shape index (κ3) is 2.73. The monoisotopic (exact) mass is 256 g/mol. The molecule has 2 aromatic carbocycles. The van der Waals surface area contributed by atoms with E-state index in [-0.39, 0.29) is 16.9 Å². The summed E-state index contributed by atoms with van der Waals surface area (Å²) in [7, 11) is 0. The molecule has 0 aliphatic carbocycles. The van der Waals surface area contributed by atoms with Crippen LogP contribution < -0.4 is 0 Å². The van der Waals surface area contributed by atoms with Crippen molar-refractivity contribution in [1.82, 2.24) is 0 Å². The van der Waals surface area contributed by atoms with Crippen molar-refractivity contribution >= 4 is 0 Å². The van der Waals surface area contributed by atoms with Gasteiger partial charge in [-0.1, -0.05) is 44.5 Å². The number of hydrogen-bond donors (Lipinski definition) is 2. The summed E-state index contributed by atoms with van der Waals surface area (Å²) in [5.41, 5.74) is 2.26. The highest BCUT2D eigenvalue weighted by Gasteiger charge is 2.27. The predicted octanol–water partition coefficient (Wildman–Crippen LogP) is 4.20. The molecule has 0 bridgehead atoms. The van der Waals surface area contributed by atoms with Crippen LogP contribution in [0.5, 0.6) is 11.5 Å². The first-order valence-electron chi connectivity index (χ1n) is 6.65. The number of aromatic hydroxyl groups is 2. The molecule has 0 saturated heterocycles. The summed E-state index contributed by atoms with van der Waals surface area (Å²) in [4.78, 5) is 0. The standard InChI is InChI=1S/C17H20O2/c1-3-12-17(2,13-4-8-15(18)9-5-13)14-6-10-16(19)11-7-14/h4-11,18-19H,3,12H2,1-2H3. The van der Waals surface area contributed by atoms with Crippen LogP contribution in [0, 0.1) is 0 Å². The van der Waals surface area contributed by atoms with E-state index in [1.807, 2.05) is 24.3 Å². The van der Waals surface area contributed by atoms with Gasteiger partial charge in [-0.2, -0.15) is 0 Å². The lowest BCUT2D eigenvalue weighted by molar-refractivity contribution is 0.470. The molecule has 0 atom stereocenters. The predicted molar refractivity (Wildman–Crippen MR) is 77.6 cm³/mol. The minimum atomic E-state index is -0.101. The lowest BCUT2D eigenvalue weighted by Crippen LogP contribution is -2.23. The molecule has 2 rings (SSSR count). The zero-order chi connectivity index (χ0) is 13.9. The molecule has 0 aliphatic heterocycles. The average Bonchev–Trinajstić information content (AvgIpc) is 2.40. The Bertz CT molecular complexity index is 481. The Labute approximate surface area is 114 Å². The number of phenolic OH excluding ortho intramolecular Hbond substituents is 2. The fourth-order valence-electron chi connectivity index (χ4n) is 2.61. The second kappa shape index (κ2) is 5.35. The van der Waals surface area contributed by atoms with Crippen molar-refractivity contribution in [1.29, 1.82) is 0 Å². The van der Waals surface area contributed by atoms with E-state index in [1.165, 1.54) is 11.1 Å². The molecule has 0 radical (unpaired) electrons. The van der Waals surface area contributed by atoms with Gasteiger partial charge in [-0.05, 0) is 41.8 Å². The summed E-state index contributed by atoms with van der Waals surface area (Å²) in [6.45, 7) is 4.37. The highest BCUT2D eigenvalue weighted by atomic mass is 16.3. The first kappa shape index (κ1) is 13.5. The zero-order valence-electron chi connectivity index (χ0n) is 11.4. The van der Waals surface area contributed by atoms with Gasteiger partial charge in [0, 0.05) is 5.41 Å². The van der Waals surface area contributed by atoms with Crippen LogP contribution in [-0.4, -0.2) is 10.2 Å². The normalized spacial score (nSPS) is 11.5. The van der Waals surface area contributed by atoms with Gasteiger partial charge in [0.05, 0.1) is 0 Å². The van der Waals surface area contributed by atoms with Gasteiger partial charge in [0.15, 0.2) is 0 Å². The summed E-state index contributed by atoms with van der Waals surface area (Å²) in [5, 5.41) is 18.9. The summed E-state index contributed by atoms with van der Waals surface area (Å²) < 4.78 is 0. The highest BCUT2D eigenvalue weighted by molar-refractivity contribution is 5.42.